The zero-order chi connectivity index (χ0) is 16.3. The number of aryl methyl sites for hydroxylation is 1. The summed E-state index contributed by atoms with van der Waals surface area (Å²) in [6.07, 6.45) is 9.96. The topological polar surface area (TPSA) is 55.1 Å². The largest absolute Gasteiger partial charge is 0.350 e. The number of nitrogens with zero attached hydrogens (tertiary/aromatic N) is 4. The third-order valence-electron chi connectivity index (χ3n) is 4.44. The van der Waals surface area contributed by atoms with Gasteiger partial charge in [0.2, 0.25) is 0 Å². The van der Waals surface area contributed by atoms with Gasteiger partial charge in [0, 0.05) is 18.3 Å². The molecule has 0 amide bonds. The van der Waals surface area contributed by atoms with Gasteiger partial charge in [0.15, 0.2) is 5.82 Å². The third-order valence-corrected chi connectivity index (χ3v) is 4.44. The van der Waals surface area contributed by atoms with E-state index in [0.717, 1.165) is 43.6 Å². The number of hydrogen-bond donors (Lipinski definition) is 0. The number of pyridine rings is 1. The lowest BCUT2D eigenvalue weighted by atomic mass is 9.88. The molecule has 5 nitrogen and oxygen atoms in total. The first-order valence-electron chi connectivity index (χ1n) is 7.95. The van der Waals surface area contributed by atoms with E-state index in [0.29, 0.717) is 11.7 Å². The number of aromatic nitrogens is 3. The van der Waals surface area contributed by atoms with Crippen LogP contribution in [0.25, 0.3) is 11.5 Å². The molecule has 0 aromatic carbocycles. The fraction of sp³-hybridized carbons (Fsp3) is 0.389. The molecule has 120 valence electrons. The number of anilines is 1. The molecule has 3 heterocycles. The summed E-state index contributed by atoms with van der Waals surface area (Å²) in [7, 11) is 0. The van der Waals surface area contributed by atoms with Crippen molar-refractivity contribution in [1.82, 2.24) is 15.1 Å². The van der Waals surface area contributed by atoms with Crippen LogP contribution in [0.1, 0.15) is 31.5 Å². The number of hydrogen-bond acceptors (Lipinski definition) is 5. The fourth-order valence-electron chi connectivity index (χ4n) is 3.43. The second kappa shape index (κ2) is 6.36. The van der Waals surface area contributed by atoms with Gasteiger partial charge >= 0.3 is 0 Å². The molecule has 1 fully saturated rings. The van der Waals surface area contributed by atoms with Gasteiger partial charge in [-0.25, -0.2) is 4.98 Å². The normalized spacial score (nSPS) is 16.5. The van der Waals surface area contributed by atoms with Gasteiger partial charge in [-0.2, -0.15) is 4.98 Å². The van der Waals surface area contributed by atoms with Gasteiger partial charge in [0.05, 0.1) is 5.56 Å². The molecule has 0 saturated carbocycles. The average molecular weight is 310 g/mol. The maximum atomic E-state index is 5.19. The Balaban J connectivity index is 1.88. The highest BCUT2D eigenvalue weighted by Crippen LogP contribution is 2.39. The average Bonchev–Trinajstić information content (AvgIpc) is 3.15. The van der Waals surface area contributed by atoms with Crippen LogP contribution in [-0.4, -0.2) is 27.2 Å². The Morgan fingerprint density at radius 2 is 2.09 bits per heavy atom. The van der Waals surface area contributed by atoms with Crippen LogP contribution in [-0.2, 0) is 0 Å². The molecule has 0 bridgehead atoms. The van der Waals surface area contributed by atoms with Crippen LogP contribution < -0.4 is 4.90 Å². The first kappa shape index (κ1) is 15.5. The zero-order valence-corrected chi connectivity index (χ0v) is 13.5. The first-order chi connectivity index (χ1) is 11.2. The molecule has 23 heavy (non-hydrogen) atoms. The minimum atomic E-state index is 0.0547. The molecule has 2 aromatic rings. The van der Waals surface area contributed by atoms with E-state index in [2.05, 4.69) is 33.2 Å². The number of rotatable bonds is 6. The Hall–Kier alpha value is -2.43. The van der Waals surface area contributed by atoms with Crippen molar-refractivity contribution in [2.45, 2.75) is 38.1 Å². The van der Waals surface area contributed by atoms with Gasteiger partial charge in [-0.05, 0) is 44.7 Å². The lowest BCUT2D eigenvalue weighted by Crippen LogP contribution is -2.43. The first-order valence-corrected chi connectivity index (χ1v) is 7.95. The van der Waals surface area contributed by atoms with Crippen LogP contribution in [0.5, 0.6) is 0 Å². The molecule has 1 aliphatic rings. The van der Waals surface area contributed by atoms with Gasteiger partial charge in [-0.3, -0.25) is 0 Å². The van der Waals surface area contributed by atoms with E-state index in [1.807, 2.05) is 24.3 Å². The molecule has 0 N–H and O–H groups in total. The van der Waals surface area contributed by atoms with Crippen LogP contribution in [0.3, 0.4) is 0 Å². The van der Waals surface area contributed by atoms with Crippen molar-refractivity contribution in [1.29, 1.82) is 0 Å². The minimum absolute atomic E-state index is 0.0547. The summed E-state index contributed by atoms with van der Waals surface area (Å²) in [4.78, 5) is 11.3. The highest BCUT2D eigenvalue weighted by molar-refractivity contribution is 5.56. The molecule has 0 unspecified atom stereocenters. The van der Waals surface area contributed by atoms with E-state index in [1.54, 1.807) is 13.1 Å². The molecule has 3 rings (SSSR count). The third kappa shape index (κ3) is 2.91. The Morgan fingerprint density at radius 1 is 1.30 bits per heavy atom. The van der Waals surface area contributed by atoms with Gasteiger partial charge in [0.1, 0.15) is 5.82 Å². The summed E-state index contributed by atoms with van der Waals surface area (Å²) < 4.78 is 5.19. The minimum Gasteiger partial charge on any atom is -0.350 e. The molecule has 2 aromatic heterocycles. The smallest absolute Gasteiger partial charge is 0.259 e. The van der Waals surface area contributed by atoms with E-state index >= 15 is 0 Å². The maximum absolute atomic E-state index is 5.19. The molecular weight excluding hydrogens is 288 g/mol. The molecule has 1 aliphatic heterocycles. The second-order valence-corrected chi connectivity index (χ2v) is 6.02. The summed E-state index contributed by atoms with van der Waals surface area (Å²) in [5.41, 5.74) is 0.894. The predicted molar refractivity (Wildman–Crippen MR) is 91.2 cm³/mol. The Bertz CT molecular complexity index is 679. The summed E-state index contributed by atoms with van der Waals surface area (Å²) in [5, 5.41) is 3.82. The van der Waals surface area contributed by atoms with Crippen molar-refractivity contribution in [3.63, 3.8) is 0 Å². The van der Waals surface area contributed by atoms with E-state index < -0.39 is 0 Å². The molecule has 0 radical (unpaired) electrons. The molecule has 1 saturated heterocycles. The molecule has 0 aliphatic carbocycles. The van der Waals surface area contributed by atoms with E-state index in [4.69, 9.17) is 4.52 Å². The lowest BCUT2D eigenvalue weighted by Gasteiger charge is -2.38. The fourth-order valence-corrected chi connectivity index (χ4v) is 3.43. The van der Waals surface area contributed by atoms with Crippen molar-refractivity contribution in [3.05, 3.63) is 49.5 Å². The van der Waals surface area contributed by atoms with Crippen LogP contribution in [0.4, 0.5) is 5.82 Å². The molecule has 5 heteroatoms. The van der Waals surface area contributed by atoms with Crippen molar-refractivity contribution in [2.75, 3.05) is 11.4 Å². The van der Waals surface area contributed by atoms with E-state index in [1.165, 1.54) is 0 Å². The molecule has 0 atom stereocenters. The lowest BCUT2D eigenvalue weighted by molar-refractivity contribution is 0.425. The summed E-state index contributed by atoms with van der Waals surface area (Å²) in [6.45, 7) is 10.7. The zero-order valence-electron chi connectivity index (χ0n) is 13.5. The van der Waals surface area contributed by atoms with Crippen molar-refractivity contribution in [3.8, 4) is 11.5 Å². The van der Waals surface area contributed by atoms with Gasteiger partial charge in [-0.15, -0.1) is 13.2 Å². The summed E-state index contributed by atoms with van der Waals surface area (Å²) in [6, 6.07) is 4.02. The van der Waals surface area contributed by atoms with E-state index in [9.17, 15) is 0 Å². The highest BCUT2D eigenvalue weighted by atomic mass is 16.5. The standard InChI is InChI=1S/C18H22N4O/c1-4-9-18(10-5-2)11-6-12-22(18)16-8-7-15(13-19-16)17-20-14(3)21-23-17/h4-5,7-8,13H,1-2,6,9-12H2,3H3. The quantitative estimate of drug-likeness (QED) is 0.757. The molecular formula is C18H22N4O. The second-order valence-electron chi connectivity index (χ2n) is 6.02. The van der Waals surface area contributed by atoms with Gasteiger partial charge in [0.25, 0.3) is 5.89 Å². The monoisotopic (exact) mass is 310 g/mol. The van der Waals surface area contributed by atoms with Crippen LogP contribution in [0, 0.1) is 6.92 Å². The van der Waals surface area contributed by atoms with Gasteiger partial charge in [-0.1, -0.05) is 17.3 Å². The van der Waals surface area contributed by atoms with Gasteiger partial charge < -0.3 is 9.42 Å². The Morgan fingerprint density at radius 3 is 2.65 bits per heavy atom. The van der Waals surface area contributed by atoms with Crippen molar-refractivity contribution < 1.29 is 4.52 Å². The van der Waals surface area contributed by atoms with Crippen molar-refractivity contribution in [2.24, 2.45) is 0 Å². The van der Waals surface area contributed by atoms with Crippen LogP contribution in [0.2, 0.25) is 0 Å². The highest BCUT2D eigenvalue weighted by Gasteiger charge is 2.39. The Labute approximate surface area is 136 Å². The summed E-state index contributed by atoms with van der Waals surface area (Å²) in [5.74, 6) is 2.11. The van der Waals surface area contributed by atoms with Crippen molar-refractivity contribution >= 4 is 5.82 Å². The SMILES string of the molecule is C=CCC1(CC=C)CCCN1c1ccc(-c2nc(C)no2)cn1. The Kier molecular flexibility index (Phi) is 4.28. The van der Waals surface area contributed by atoms with E-state index in [-0.39, 0.29) is 5.54 Å². The predicted octanol–water partition coefficient (Wildman–Crippen LogP) is 3.93. The van der Waals surface area contributed by atoms with Crippen LogP contribution in [0.15, 0.2) is 48.2 Å². The maximum Gasteiger partial charge on any atom is 0.259 e. The molecule has 0 spiro atoms. The van der Waals surface area contributed by atoms with Crippen LogP contribution >= 0.6 is 0 Å². The summed E-state index contributed by atoms with van der Waals surface area (Å²) >= 11 is 0.